The smallest absolute Gasteiger partial charge is 0.319 e. The molecule has 0 saturated carbocycles. The second-order valence-electron chi connectivity index (χ2n) is 5.90. The van der Waals surface area contributed by atoms with Crippen LogP contribution in [-0.4, -0.2) is 25.3 Å². The number of amides is 1. The van der Waals surface area contributed by atoms with Gasteiger partial charge in [0.05, 0.1) is 6.61 Å². The first-order valence-corrected chi connectivity index (χ1v) is 8.15. The van der Waals surface area contributed by atoms with E-state index in [4.69, 9.17) is 14.2 Å². The highest BCUT2D eigenvalue weighted by Crippen LogP contribution is 2.46. The number of nitrogens with one attached hydrogen (secondary N) is 1. The number of carbonyl (C=O) groups is 2. The minimum absolute atomic E-state index is 0.142. The highest BCUT2D eigenvalue weighted by atomic mass is 16.7. The number of fused-ring (bicyclic) bond motifs is 2. The van der Waals surface area contributed by atoms with Crippen molar-refractivity contribution in [2.24, 2.45) is 5.92 Å². The lowest BCUT2D eigenvalue weighted by Crippen LogP contribution is -2.40. The van der Waals surface area contributed by atoms with Crippen LogP contribution in [0.1, 0.15) is 24.0 Å². The van der Waals surface area contributed by atoms with Gasteiger partial charge in [-0.25, -0.2) is 0 Å². The average molecular weight is 339 g/mol. The van der Waals surface area contributed by atoms with Crippen molar-refractivity contribution in [2.45, 2.75) is 12.8 Å². The van der Waals surface area contributed by atoms with Crippen molar-refractivity contribution in [1.82, 2.24) is 0 Å². The van der Waals surface area contributed by atoms with Crippen LogP contribution in [0.15, 0.2) is 42.5 Å². The van der Waals surface area contributed by atoms with Gasteiger partial charge in [-0.2, -0.15) is 0 Å². The van der Waals surface area contributed by atoms with E-state index < -0.39 is 17.8 Å². The van der Waals surface area contributed by atoms with E-state index >= 15 is 0 Å². The number of hydrogen-bond acceptors (Lipinski definition) is 5. The van der Waals surface area contributed by atoms with Crippen molar-refractivity contribution in [1.29, 1.82) is 0 Å². The predicted molar refractivity (Wildman–Crippen MR) is 89.6 cm³/mol. The summed E-state index contributed by atoms with van der Waals surface area (Å²) in [6, 6.07) is 13.1. The van der Waals surface area contributed by atoms with Gasteiger partial charge in [0.1, 0.15) is 5.92 Å². The van der Waals surface area contributed by atoms with E-state index in [1.54, 1.807) is 13.0 Å². The molecule has 0 aromatic heterocycles. The van der Waals surface area contributed by atoms with E-state index in [1.807, 2.05) is 36.4 Å². The fourth-order valence-corrected chi connectivity index (χ4v) is 3.37. The van der Waals surface area contributed by atoms with Crippen LogP contribution >= 0.6 is 0 Å². The lowest BCUT2D eigenvalue weighted by molar-refractivity contribution is -0.151. The third kappa shape index (κ3) is 2.59. The second kappa shape index (κ2) is 6.12. The summed E-state index contributed by atoms with van der Waals surface area (Å²) in [5, 5.41) is 2.80. The summed E-state index contributed by atoms with van der Waals surface area (Å²) in [4.78, 5) is 25.2. The van der Waals surface area contributed by atoms with Crippen LogP contribution in [0, 0.1) is 5.92 Å². The molecule has 2 aromatic rings. The van der Waals surface area contributed by atoms with Crippen molar-refractivity contribution >= 4 is 17.6 Å². The van der Waals surface area contributed by atoms with Crippen molar-refractivity contribution in [3.63, 3.8) is 0 Å². The molecule has 0 aliphatic carbocycles. The monoisotopic (exact) mass is 339 g/mol. The quantitative estimate of drug-likeness (QED) is 0.687. The summed E-state index contributed by atoms with van der Waals surface area (Å²) < 4.78 is 16.0. The summed E-state index contributed by atoms with van der Waals surface area (Å²) in [7, 11) is 0. The zero-order chi connectivity index (χ0) is 17.4. The predicted octanol–water partition coefficient (Wildman–Crippen LogP) is 2.68. The molecule has 4 rings (SSSR count). The van der Waals surface area contributed by atoms with E-state index in [2.05, 4.69) is 5.32 Å². The van der Waals surface area contributed by atoms with Crippen LogP contribution in [0.25, 0.3) is 0 Å². The summed E-state index contributed by atoms with van der Waals surface area (Å²) in [6.07, 6.45) is 0. The van der Waals surface area contributed by atoms with Crippen LogP contribution in [-0.2, 0) is 14.3 Å². The van der Waals surface area contributed by atoms with Crippen LogP contribution < -0.4 is 14.8 Å². The van der Waals surface area contributed by atoms with Gasteiger partial charge in [0.2, 0.25) is 12.7 Å². The van der Waals surface area contributed by atoms with Gasteiger partial charge in [-0.1, -0.05) is 30.3 Å². The molecule has 2 aromatic carbocycles. The molecule has 2 aliphatic heterocycles. The number of ether oxygens (including phenoxy) is 3. The molecule has 1 N–H and O–H groups in total. The Kier molecular flexibility index (Phi) is 3.80. The molecular formula is C19H17NO5. The van der Waals surface area contributed by atoms with Gasteiger partial charge in [0.15, 0.2) is 11.5 Å². The summed E-state index contributed by atoms with van der Waals surface area (Å²) in [6.45, 7) is 2.09. The van der Waals surface area contributed by atoms with Crippen LogP contribution in [0.3, 0.4) is 0 Å². The van der Waals surface area contributed by atoms with Crippen molar-refractivity contribution in [3.05, 3.63) is 53.6 Å². The minimum Gasteiger partial charge on any atom is -0.465 e. The summed E-state index contributed by atoms with van der Waals surface area (Å²) >= 11 is 0. The lowest BCUT2D eigenvalue weighted by atomic mass is 9.77. The molecule has 2 aliphatic rings. The number of anilines is 1. The van der Waals surface area contributed by atoms with E-state index in [9.17, 15) is 9.59 Å². The Labute approximate surface area is 144 Å². The van der Waals surface area contributed by atoms with Crippen molar-refractivity contribution in [3.8, 4) is 11.5 Å². The number of carbonyl (C=O) groups excluding carboxylic acids is 2. The highest BCUT2D eigenvalue weighted by Gasteiger charge is 2.43. The lowest BCUT2D eigenvalue weighted by Gasteiger charge is -2.32. The molecule has 2 atom stereocenters. The molecule has 0 radical (unpaired) electrons. The van der Waals surface area contributed by atoms with E-state index in [0.717, 1.165) is 11.1 Å². The topological polar surface area (TPSA) is 73.9 Å². The largest absolute Gasteiger partial charge is 0.465 e. The van der Waals surface area contributed by atoms with Gasteiger partial charge in [0.25, 0.3) is 0 Å². The Morgan fingerprint density at radius 3 is 2.64 bits per heavy atom. The minimum atomic E-state index is -0.949. The molecule has 0 spiro atoms. The first-order chi connectivity index (χ1) is 12.2. The molecule has 2 unspecified atom stereocenters. The van der Waals surface area contributed by atoms with Crippen LogP contribution in [0.2, 0.25) is 0 Å². The Balaban J connectivity index is 1.87. The highest BCUT2D eigenvalue weighted by molar-refractivity contribution is 6.08. The summed E-state index contributed by atoms with van der Waals surface area (Å²) in [5.41, 5.74) is 2.31. The molecule has 1 amide bonds. The molecule has 0 bridgehead atoms. The number of hydrogen-bond donors (Lipinski definition) is 1. The van der Waals surface area contributed by atoms with Crippen LogP contribution in [0.5, 0.6) is 11.5 Å². The zero-order valence-corrected chi connectivity index (χ0v) is 13.7. The third-order valence-corrected chi connectivity index (χ3v) is 4.45. The molecule has 6 heteroatoms. The molecule has 128 valence electrons. The van der Waals surface area contributed by atoms with Crippen LogP contribution in [0.4, 0.5) is 5.69 Å². The SMILES string of the molecule is CCOC(=O)C1C(=O)Nc2cc3c(cc2C1c1ccccc1)OCO3. The van der Waals surface area contributed by atoms with E-state index in [-0.39, 0.29) is 19.3 Å². The molecular weight excluding hydrogens is 322 g/mol. The second-order valence-corrected chi connectivity index (χ2v) is 5.90. The number of benzene rings is 2. The van der Waals surface area contributed by atoms with Gasteiger partial charge in [-0.3, -0.25) is 9.59 Å². The number of esters is 1. The molecule has 0 fully saturated rings. The Hall–Kier alpha value is -3.02. The van der Waals surface area contributed by atoms with Gasteiger partial charge >= 0.3 is 5.97 Å². The van der Waals surface area contributed by atoms with Gasteiger partial charge in [-0.15, -0.1) is 0 Å². The molecule has 6 nitrogen and oxygen atoms in total. The molecule has 25 heavy (non-hydrogen) atoms. The average Bonchev–Trinajstić information content (AvgIpc) is 3.07. The van der Waals surface area contributed by atoms with Crippen molar-refractivity contribution < 1.29 is 23.8 Å². The van der Waals surface area contributed by atoms with Gasteiger partial charge in [-0.05, 0) is 24.1 Å². The fraction of sp³-hybridized carbons (Fsp3) is 0.263. The maximum atomic E-state index is 12.7. The fourth-order valence-electron chi connectivity index (χ4n) is 3.37. The molecule has 2 heterocycles. The number of rotatable bonds is 3. The van der Waals surface area contributed by atoms with Gasteiger partial charge < -0.3 is 19.5 Å². The molecule has 0 saturated heterocycles. The Morgan fingerprint density at radius 2 is 1.92 bits per heavy atom. The van der Waals surface area contributed by atoms with E-state index in [0.29, 0.717) is 17.2 Å². The van der Waals surface area contributed by atoms with E-state index in [1.165, 1.54) is 0 Å². The third-order valence-electron chi connectivity index (χ3n) is 4.45. The normalized spacial score (nSPS) is 20.6. The zero-order valence-electron chi connectivity index (χ0n) is 13.7. The standard InChI is InChI=1S/C19H17NO5/c1-2-23-19(22)17-16(11-6-4-3-5-7-11)12-8-14-15(25-10-24-14)9-13(12)20-18(17)21/h3-9,16-17H,2,10H2,1H3,(H,20,21). The maximum Gasteiger partial charge on any atom is 0.319 e. The Bertz CT molecular complexity index is 833. The Morgan fingerprint density at radius 1 is 1.20 bits per heavy atom. The maximum absolute atomic E-state index is 12.7. The summed E-state index contributed by atoms with van der Waals surface area (Å²) in [5.74, 6) is -1.11. The first-order valence-electron chi connectivity index (χ1n) is 8.15. The van der Waals surface area contributed by atoms with Crippen molar-refractivity contribution in [2.75, 3.05) is 18.7 Å². The van der Waals surface area contributed by atoms with Gasteiger partial charge in [0, 0.05) is 17.7 Å². The first kappa shape index (κ1) is 15.5.